The van der Waals surface area contributed by atoms with Gasteiger partial charge in [-0.2, -0.15) is 5.10 Å². The molecule has 1 N–H and O–H groups in total. The molecule has 0 spiro atoms. The summed E-state index contributed by atoms with van der Waals surface area (Å²) in [5.74, 6) is -0.256. The van der Waals surface area contributed by atoms with Gasteiger partial charge in [0, 0.05) is 18.7 Å². The minimum atomic E-state index is -0.141. The Labute approximate surface area is 135 Å². The first-order valence-corrected chi connectivity index (χ1v) is 7.88. The molecule has 2 aromatic rings. The summed E-state index contributed by atoms with van der Waals surface area (Å²) < 4.78 is 1.73. The Morgan fingerprint density at radius 2 is 2.04 bits per heavy atom. The molecule has 0 saturated carbocycles. The van der Waals surface area contributed by atoms with E-state index in [-0.39, 0.29) is 18.4 Å². The van der Waals surface area contributed by atoms with E-state index in [9.17, 15) is 9.59 Å². The maximum atomic E-state index is 12.6. The summed E-state index contributed by atoms with van der Waals surface area (Å²) in [6.07, 6.45) is 0.882. The Bertz CT molecular complexity index is 709. The lowest BCUT2D eigenvalue weighted by Crippen LogP contribution is -2.45. The number of carbonyl (C=O) groups excluding carboxylic acids is 2. The van der Waals surface area contributed by atoms with Gasteiger partial charge in [-0.15, -0.1) is 0 Å². The summed E-state index contributed by atoms with van der Waals surface area (Å²) in [6.45, 7) is 3.84. The maximum Gasteiger partial charge on any atom is 0.272 e. The Morgan fingerprint density at radius 3 is 2.78 bits per heavy atom. The largest absolute Gasteiger partial charge is 0.355 e. The smallest absolute Gasteiger partial charge is 0.272 e. The molecule has 0 aliphatic carbocycles. The number of nitrogens with zero attached hydrogens (tertiary/aromatic N) is 3. The van der Waals surface area contributed by atoms with E-state index in [4.69, 9.17) is 0 Å². The number of amides is 2. The molecule has 2 amide bonds. The SMILES string of the molecule is CCCNC(=O)CN1CCn2nc(-c3ccccc3)cc2C1=O. The van der Waals surface area contributed by atoms with Crippen molar-refractivity contribution in [3.05, 3.63) is 42.1 Å². The van der Waals surface area contributed by atoms with Crippen LogP contribution in [-0.4, -0.2) is 46.1 Å². The van der Waals surface area contributed by atoms with Gasteiger partial charge in [0.15, 0.2) is 0 Å². The molecule has 1 aliphatic rings. The molecule has 0 radical (unpaired) electrons. The minimum absolute atomic E-state index is 0.102. The predicted molar refractivity (Wildman–Crippen MR) is 86.9 cm³/mol. The normalized spacial score (nSPS) is 13.8. The Kier molecular flexibility index (Phi) is 4.41. The maximum absolute atomic E-state index is 12.6. The minimum Gasteiger partial charge on any atom is -0.355 e. The Morgan fingerprint density at radius 1 is 1.26 bits per heavy atom. The molecule has 0 saturated heterocycles. The van der Waals surface area contributed by atoms with Gasteiger partial charge in [0.05, 0.1) is 18.8 Å². The van der Waals surface area contributed by atoms with Crippen molar-refractivity contribution in [3.63, 3.8) is 0 Å². The molecule has 1 aromatic carbocycles. The highest BCUT2D eigenvalue weighted by Crippen LogP contribution is 2.21. The van der Waals surface area contributed by atoms with Gasteiger partial charge in [-0.1, -0.05) is 37.3 Å². The van der Waals surface area contributed by atoms with Crippen molar-refractivity contribution >= 4 is 11.8 Å². The van der Waals surface area contributed by atoms with Gasteiger partial charge in [-0.05, 0) is 12.5 Å². The third kappa shape index (κ3) is 3.26. The van der Waals surface area contributed by atoms with Crippen LogP contribution < -0.4 is 5.32 Å². The molecule has 0 atom stereocenters. The number of carbonyl (C=O) groups is 2. The lowest BCUT2D eigenvalue weighted by Gasteiger charge is -2.26. The van der Waals surface area contributed by atoms with E-state index in [2.05, 4.69) is 10.4 Å². The van der Waals surface area contributed by atoms with E-state index >= 15 is 0 Å². The number of benzene rings is 1. The quantitative estimate of drug-likeness (QED) is 0.910. The lowest BCUT2D eigenvalue weighted by molar-refractivity contribution is -0.121. The van der Waals surface area contributed by atoms with Gasteiger partial charge in [-0.3, -0.25) is 14.3 Å². The molecule has 6 heteroatoms. The van der Waals surface area contributed by atoms with Crippen molar-refractivity contribution in [1.82, 2.24) is 20.0 Å². The van der Waals surface area contributed by atoms with E-state index in [0.717, 1.165) is 17.7 Å². The first-order chi connectivity index (χ1) is 11.2. The van der Waals surface area contributed by atoms with Gasteiger partial charge in [-0.25, -0.2) is 0 Å². The summed E-state index contributed by atoms with van der Waals surface area (Å²) >= 11 is 0. The zero-order valence-corrected chi connectivity index (χ0v) is 13.2. The van der Waals surface area contributed by atoms with E-state index in [1.54, 1.807) is 15.6 Å². The molecular weight excluding hydrogens is 292 g/mol. The van der Waals surface area contributed by atoms with Crippen LogP contribution in [0.5, 0.6) is 0 Å². The number of nitrogens with one attached hydrogen (secondary N) is 1. The van der Waals surface area contributed by atoms with E-state index in [1.807, 2.05) is 37.3 Å². The molecule has 6 nitrogen and oxygen atoms in total. The summed E-state index contributed by atoms with van der Waals surface area (Å²) in [6, 6.07) is 11.6. The van der Waals surface area contributed by atoms with Crippen molar-refractivity contribution < 1.29 is 9.59 Å². The van der Waals surface area contributed by atoms with Crippen LogP contribution in [0.3, 0.4) is 0 Å². The highest BCUT2D eigenvalue weighted by Gasteiger charge is 2.27. The van der Waals surface area contributed by atoms with Crippen molar-refractivity contribution in [2.45, 2.75) is 19.9 Å². The highest BCUT2D eigenvalue weighted by atomic mass is 16.2. The summed E-state index contributed by atoms with van der Waals surface area (Å²) in [5, 5.41) is 7.30. The zero-order valence-electron chi connectivity index (χ0n) is 13.2. The van der Waals surface area contributed by atoms with Crippen LogP contribution in [0, 0.1) is 0 Å². The summed E-state index contributed by atoms with van der Waals surface area (Å²) in [5.41, 5.74) is 2.30. The fourth-order valence-corrected chi connectivity index (χ4v) is 2.63. The Balaban J connectivity index is 1.75. The van der Waals surface area contributed by atoms with E-state index in [0.29, 0.717) is 25.3 Å². The number of rotatable bonds is 5. The molecule has 1 aliphatic heterocycles. The number of hydrogen-bond donors (Lipinski definition) is 1. The first kappa shape index (κ1) is 15.3. The second kappa shape index (κ2) is 6.64. The monoisotopic (exact) mass is 312 g/mol. The second-order valence-electron chi connectivity index (χ2n) is 5.58. The predicted octanol–water partition coefficient (Wildman–Crippen LogP) is 1.53. The van der Waals surface area contributed by atoms with Gasteiger partial charge in [0.25, 0.3) is 5.91 Å². The fraction of sp³-hybridized carbons (Fsp3) is 0.353. The highest BCUT2D eigenvalue weighted by molar-refractivity contribution is 5.96. The van der Waals surface area contributed by atoms with Gasteiger partial charge in [0.2, 0.25) is 5.91 Å². The summed E-state index contributed by atoms with van der Waals surface area (Å²) in [7, 11) is 0. The van der Waals surface area contributed by atoms with E-state index < -0.39 is 0 Å². The van der Waals surface area contributed by atoms with Crippen LogP contribution in [0.2, 0.25) is 0 Å². The average molecular weight is 312 g/mol. The lowest BCUT2D eigenvalue weighted by atomic mass is 10.1. The first-order valence-electron chi connectivity index (χ1n) is 7.88. The fourth-order valence-electron chi connectivity index (χ4n) is 2.63. The number of hydrogen-bond acceptors (Lipinski definition) is 3. The average Bonchev–Trinajstić information content (AvgIpc) is 3.01. The molecule has 23 heavy (non-hydrogen) atoms. The molecule has 0 bridgehead atoms. The standard InChI is InChI=1S/C17H20N4O2/c1-2-8-18-16(22)12-20-9-10-21-15(17(20)23)11-14(19-21)13-6-4-3-5-7-13/h3-7,11H,2,8-10,12H2,1H3,(H,18,22). The van der Waals surface area contributed by atoms with E-state index in [1.165, 1.54) is 0 Å². The third-order valence-corrected chi connectivity index (χ3v) is 3.84. The van der Waals surface area contributed by atoms with Crippen molar-refractivity contribution in [3.8, 4) is 11.3 Å². The van der Waals surface area contributed by atoms with Crippen LogP contribution in [0.15, 0.2) is 36.4 Å². The van der Waals surface area contributed by atoms with Crippen LogP contribution >= 0.6 is 0 Å². The third-order valence-electron chi connectivity index (χ3n) is 3.84. The number of fused-ring (bicyclic) bond motifs is 1. The van der Waals surface area contributed by atoms with Crippen molar-refractivity contribution in [1.29, 1.82) is 0 Å². The zero-order chi connectivity index (χ0) is 16.2. The van der Waals surface area contributed by atoms with Crippen LogP contribution in [0.25, 0.3) is 11.3 Å². The van der Waals surface area contributed by atoms with Crippen LogP contribution in [0.4, 0.5) is 0 Å². The molecular formula is C17H20N4O2. The Hall–Kier alpha value is -2.63. The van der Waals surface area contributed by atoms with Gasteiger partial charge in [0.1, 0.15) is 5.69 Å². The van der Waals surface area contributed by atoms with Crippen molar-refractivity contribution in [2.75, 3.05) is 19.6 Å². The van der Waals surface area contributed by atoms with Crippen LogP contribution in [0.1, 0.15) is 23.8 Å². The second-order valence-corrected chi connectivity index (χ2v) is 5.58. The van der Waals surface area contributed by atoms with Gasteiger partial charge < -0.3 is 10.2 Å². The molecule has 120 valence electrons. The van der Waals surface area contributed by atoms with Crippen molar-refractivity contribution in [2.24, 2.45) is 0 Å². The summed E-state index contributed by atoms with van der Waals surface area (Å²) in [4.78, 5) is 26.0. The van der Waals surface area contributed by atoms with Crippen LogP contribution in [-0.2, 0) is 11.3 Å². The van der Waals surface area contributed by atoms with Gasteiger partial charge >= 0.3 is 0 Å². The molecule has 0 unspecified atom stereocenters. The topological polar surface area (TPSA) is 67.2 Å². The molecule has 1 aromatic heterocycles. The number of aromatic nitrogens is 2. The molecule has 3 rings (SSSR count). The molecule has 2 heterocycles. The molecule has 0 fully saturated rings.